The summed E-state index contributed by atoms with van der Waals surface area (Å²) in [6.07, 6.45) is 4.56. The van der Waals surface area contributed by atoms with E-state index in [0.717, 1.165) is 4.90 Å². The van der Waals surface area contributed by atoms with Crippen molar-refractivity contribution in [2.24, 2.45) is 11.3 Å². The molecule has 0 radical (unpaired) electrons. The molecule has 1 saturated heterocycles. The number of aromatic nitrogens is 1. The van der Waals surface area contributed by atoms with Gasteiger partial charge in [0, 0.05) is 22.4 Å². The van der Waals surface area contributed by atoms with Crippen molar-refractivity contribution < 1.29 is 9.59 Å². The molecule has 1 N–H and O–H groups in total. The molecule has 0 spiro atoms. The maximum atomic E-state index is 14.0. The highest BCUT2D eigenvalue weighted by Crippen LogP contribution is 2.77. The van der Waals surface area contributed by atoms with E-state index in [1.807, 2.05) is 0 Å². The van der Waals surface area contributed by atoms with Crippen molar-refractivity contribution >= 4 is 46.6 Å². The molecule has 1 aliphatic carbocycles. The van der Waals surface area contributed by atoms with E-state index in [-0.39, 0.29) is 5.69 Å². The fraction of sp³-hybridized carbons (Fsp3) is 0.120. The molecule has 6 nitrogen and oxygen atoms in total. The van der Waals surface area contributed by atoms with Gasteiger partial charge in [-0.25, -0.2) is 4.90 Å². The van der Waals surface area contributed by atoms with Gasteiger partial charge in [-0.3, -0.25) is 20.0 Å². The van der Waals surface area contributed by atoms with Crippen LogP contribution in [0.1, 0.15) is 16.7 Å². The normalized spacial score (nSPS) is 25.2. The van der Waals surface area contributed by atoms with Crippen molar-refractivity contribution in [1.29, 1.82) is 10.7 Å². The minimum absolute atomic E-state index is 0.274. The number of nitrogens with one attached hydrogen (secondary N) is 1. The highest BCUT2D eigenvalue weighted by Gasteiger charge is 2.88. The molecule has 2 aromatic carbocycles. The number of nitrogens with zero attached hydrogens (tertiary/aromatic N) is 3. The molecule has 3 aromatic rings. The SMILES string of the molecule is N#Cc1ccc([C@]2(c3ccncc3)[C@@H]3C(=O)N(c4cc(Cl)cc(Cl)c4)C(=O)C32C=C=N)cc1. The lowest BCUT2D eigenvalue weighted by Crippen LogP contribution is -2.42. The van der Waals surface area contributed by atoms with Crippen molar-refractivity contribution in [2.75, 3.05) is 4.90 Å². The van der Waals surface area contributed by atoms with Gasteiger partial charge in [-0.2, -0.15) is 5.26 Å². The van der Waals surface area contributed by atoms with Gasteiger partial charge in [0.1, 0.15) is 5.41 Å². The highest BCUT2D eigenvalue weighted by molar-refractivity contribution is 6.36. The third kappa shape index (κ3) is 2.68. The van der Waals surface area contributed by atoms with Crippen LogP contribution < -0.4 is 4.90 Å². The standard InChI is InChI=1S/C25H14Cl2N4O2/c26-18-11-19(27)13-20(12-18)31-22(32)21-24(7-8-28,23(31)33)25(21,17-5-9-30-10-6-17)16-3-1-15(14-29)2-4-16/h1-7,9-13,21,28H/t21-,24?,25+/m1/s1. The van der Waals surface area contributed by atoms with Crippen LogP contribution in [0.4, 0.5) is 5.69 Å². The Morgan fingerprint density at radius 1 is 1.00 bits per heavy atom. The molecule has 0 bridgehead atoms. The summed E-state index contributed by atoms with van der Waals surface area (Å²) >= 11 is 12.3. The smallest absolute Gasteiger partial charge is 0.246 e. The summed E-state index contributed by atoms with van der Waals surface area (Å²) in [6.45, 7) is 0. The third-order valence-electron chi connectivity index (χ3n) is 6.49. The van der Waals surface area contributed by atoms with Crippen LogP contribution in [-0.2, 0) is 15.0 Å². The van der Waals surface area contributed by atoms with Crippen LogP contribution in [0.15, 0.2) is 73.1 Å². The first kappa shape index (κ1) is 21.1. The number of piperidine rings is 1. The molecule has 5 rings (SSSR count). The number of anilines is 1. The lowest BCUT2D eigenvalue weighted by atomic mass is 9.78. The molecule has 1 aliphatic heterocycles. The van der Waals surface area contributed by atoms with Gasteiger partial charge < -0.3 is 0 Å². The second-order valence-corrected chi connectivity index (χ2v) is 8.80. The highest BCUT2D eigenvalue weighted by atomic mass is 35.5. The number of hydrogen-bond acceptors (Lipinski definition) is 5. The molecule has 2 aliphatic rings. The first-order valence-corrected chi connectivity index (χ1v) is 10.7. The molecule has 33 heavy (non-hydrogen) atoms. The van der Waals surface area contributed by atoms with E-state index in [4.69, 9.17) is 28.6 Å². The second-order valence-electron chi connectivity index (χ2n) is 7.93. The number of carbonyl (C=O) groups excluding carboxylic acids is 2. The Bertz CT molecular complexity index is 1390. The van der Waals surface area contributed by atoms with Crippen molar-refractivity contribution in [3.05, 3.63) is 99.8 Å². The Kier molecular flexibility index (Phi) is 4.73. The zero-order valence-corrected chi connectivity index (χ0v) is 18.4. The first-order chi connectivity index (χ1) is 15.9. The summed E-state index contributed by atoms with van der Waals surface area (Å²) in [7, 11) is 0. The maximum absolute atomic E-state index is 14.0. The number of halogens is 2. The molecule has 2 fully saturated rings. The molecule has 2 heterocycles. The van der Waals surface area contributed by atoms with Crippen LogP contribution in [-0.4, -0.2) is 22.7 Å². The van der Waals surface area contributed by atoms with Crippen LogP contribution in [0.2, 0.25) is 10.0 Å². The van der Waals surface area contributed by atoms with Gasteiger partial charge in [0.2, 0.25) is 11.8 Å². The molecule has 160 valence electrons. The maximum Gasteiger partial charge on any atom is 0.246 e. The van der Waals surface area contributed by atoms with E-state index in [1.54, 1.807) is 48.8 Å². The number of rotatable bonds is 4. The number of carbonyl (C=O) groups is 2. The fourth-order valence-electron chi connectivity index (χ4n) is 5.27. The van der Waals surface area contributed by atoms with Gasteiger partial charge in [-0.05, 0) is 65.5 Å². The van der Waals surface area contributed by atoms with Gasteiger partial charge in [0.25, 0.3) is 0 Å². The van der Waals surface area contributed by atoms with Gasteiger partial charge in [-0.1, -0.05) is 35.3 Å². The summed E-state index contributed by atoms with van der Waals surface area (Å²) in [6, 6.07) is 16.9. The van der Waals surface area contributed by atoms with E-state index < -0.39 is 28.6 Å². The van der Waals surface area contributed by atoms with Crippen LogP contribution in [0.3, 0.4) is 0 Å². The molecule has 1 aromatic heterocycles. The van der Waals surface area contributed by atoms with E-state index in [2.05, 4.69) is 16.9 Å². The Morgan fingerprint density at radius 3 is 2.18 bits per heavy atom. The van der Waals surface area contributed by atoms with Crippen LogP contribution in [0, 0.1) is 28.1 Å². The zero-order chi connectivity index (χ0) is 23.4. The lowest BCUT2D eigenvalue weighted by molar-refractivity contribution is -0.125. The molecule has 1 saturated carbocycles. The van der Waals surface area contributed by atoms with E-state index >= 15 is 0 Å². The molecular formula is C25H14Cl2N4O2. The number of nitriles is 1. The summed E-state index contributed by atoms with van der Waals surface area (Å²) in [5.74, 6) is 0.529. The Balaban J connectivity index is 1.75. The molecule has 2 amide bonds. The third-order valence-corrected chi connectivity index (χ3v) is 6.93. The minimum Gasteiger partial charge on any atom is -0.274 e. The van der Waals surface area contributed by atoms with Gasteiger partial charge in [0.15, 0.2) is 0 Å². The summed E-state index contributed by atoms with van der Waals surface area (Å²) < 4.78 is 0. The zero-order valence-electron chi connectivity index (χ0n) is 16.9. The lowest BCUT2D eigenvalue weighted by Gasteiger charge is -2.29. The van der Waals surface area contributed by atoms with Crippen LogP contribution >= 0.6 is 23.2 Å². The summed E-state index contributed by atoms with van der Waals surface area (Å²) in [5.41, 5.74) is -0.296. The number of hydrogen-bond donors (Lipinski definition) is 1. The monoisotopic (exact) mass is 472 g/mol. The topological polar surface area (TPSA) is 97.9 Å². The average Bonchev–Trinajstić information content (AvgIpc) is 3.36. The van der Waals surface area contributed by atoms with Gasteiger partial charge in [-0.15, -0.1) is 0 Å². The summed E-state index contributed by atoms with van der Waals surface area (Å²) in [4.78, 5) is 32.9. The number of fused-ring (bicyclic) bond motifs is 1. The summed E-state index contributed by atoms with van der Waals surface area (Å²) in [5, 5.41) is 17.5. The minimum atomic E-state index is -1.36. The second kappa shape index (κ2) is 7.40. The predicted octanol–water partition coefficient (Wildman–Crippen LogP) is 4.54. The van der Waals surface area contributed by atoms with Crippen LogP contribution in [0.25, 0.3) is 0 Å². The molecular weight excluding hydrogens is 459 g/mol. The van der Waals surface area contributed by atoms with Crippen molar-refractivity contribution in [1.82, 2.24) is 4.98 Å². The van der Waals surface area contributed by atoms with E-state index in [9.17, 15) is 14.9 Å². The average molecular weight is 473 g/mol. The number of amides is 2. The van der Waals surface area contributed by atoms with E-state index in [0.29, 0.717) is 26.7 Å². The Morgan fingerprint density at radius 2 is 1.61 bits per heavy atom. The molecule has 1 unspecified atom stereocenters. The molecule has 8 heteroatoms. The quantitative estimate of drug-likeness (QED) is 0.444. The van der Waals surface area contributed by atoms with Crippen molar-refractivity contribution in [3.63, 3.8) is 0 Å². The van der Waals surface area contributed by atoms with Crippen molar-refractivity contribution in [2.45, 2.75) is 5.41 Å². The first-order valence-electron chi connectivity index (χ1n) is 9.94. The van der Waals surface area contributed by atoms with Crippen LogP contribution in [0.5, 0.6) is 0 Å². The molecule has 3 atom stereocenters. The number of imide groups is 1. The Labute approximate surface area is 199 Å². The van der Waals surface area contributed by atoms with Gasteiger partial charge >= 0.3 is 0 Å². The largest absolute Gasteiger partial charge is 0.274 e. The van der Waals surface area contributed by atoms with Gasteiger partial charge in [0.05, 0.1) is 28.7 Å². The predicted molar refractivity (Wildman–Crippen MR) is 123 cm³/mol. The number of pyridine rings is 1. The Hall–Kier alpha value is -3.75. The van der Waals surface area contributed by atoms with E-state index in [1.165, 1.54) is 24.3 Å². The fourth-order valence-corrected chi connectivity index (χ4v) is 5.78. The number of benzene rings is 2. The van der Waals surface area contributed by atoms with Crippen molar-refractivity contribution in [3.8, 4) is 6.07 Å².